The van der Waals surface area contributed by atoms with Gasteiger partial charge in [-0.2, -0.15) is 0 Å². The quantitative estimate of drug-likeness (QED) is 0.841. The summed E-state index contributed by atoms with van der Waals surface area (Å²) in [7, 11) is 0. The molecule has 1 aromatic heterocycles. The number of fused-ring (bicyclic) bond motifs is 1. The van der Waals surface area contributed by atoms with Gasteiger partial charge in [0.1, 0.15) is 5.75 Å². The van der Waals surface area contributed by atoms with Gasteiger partial charge in [-0.25, -0.2) is 0 Å². The first-order chi connectivity index (χ1) is 9.33. The first kappa shape index (κ1) is 11.7. The van der Waals surface area contributed by atoms with Crippen LogP contribution in [0.5, 0.6) is 5.75 Å². The van der Waals surface area contributed by atoms with Crippen molar-refractivity contribution < 1.29 is 9.53 Å². The third kappa shape index (κ3) is 2.57. The fourth-order valence-corrected chi connectivity index (χ4v) is 2.13. The molecule has 0 fully saturated rings. The van der Waals surface area contributed by atoms with E-state index in [2.05, 4.69) is 4.98 Å². The largest absolute Gasteiger partial charge is 0.484 e. The van der Waals surface area contributed by atoms with E-state index in [1.54, 1.807) is 11.1 Å². The minimum Gasteiger partial charge on any atom is -0.484 e. The molecule has 0 unspecified atom stereocenters. The van der Waals surface area contributed by atoms with Gasteiger partial charge in [-0.3, -0.25) is 9.78 Å². The van der Waals surface area contributed by atoms with E-state index in [1.165, 1.54) is 0 Å². The van der Waals surface area contributed by atoms with E-state index in [1.807, 2.05) is 42.5 Å². The molecular formula is C15H14N2O2. The Hall–Kier alpha value is -2.36. The van der Waals surface area contributed by atoms with Crippen molar-refractivity contribution in [3.8, 4) is 5.75 Å². The van der Waals surface area contributed by atoms with Crippen molar-refractivity contribution >= 4 is 5.91 Å². The summed E-state index contributed by atoms with van der Waals surface area (Å²) in [5.74, 6) is 0.701. The molecule has 0 spiro atoms. The number of benzene rings is 1. The zero-order chi connectivity index (χ0) is 13.1. The lowest BCUT2D eigenvalue weighted by molar-refractivity contribution is -0.134. The molecule has 4 heteroatoms. The normalized spacial score (nSPS) is 13.2. The van der Waals surface area contributed by atoms with Crippen LogP contribution in [0, 0.1) is 0 Å². The van der Waals surface area contributed by atoms with E-state index in [9.17, 15) is 4.79 Å². The SMILES string of the molecule is O=C(COc1ccccc1)N1Cc2cccnc2C1. The van der Waals surface area contributed by atoms with Crippen LogP contribution in [-0.4, -0.2) is 22.4 Å². The lowest BCUT2D eigenvalue weighted by atomic mass is 10.2. The molecule has 2 aromatic rings. The number of rotatable bonds is 3. The van der Waals surface area contributed by atoms with Gasteiger partial charge in [-0.05, 0) is 23.8 Å². The molecular weight excluding hydrogens is 240 g/mol. The molecule has 19 heavy (non-hydrogen) atoms. The van der Waals surface area contributed by atoms with Crippen LogP contribution in [-0.2, 0) is 17.9 Å². The standard InChI is InChI=1S/C15H14N2O2/c18-15(11-19-13-6-2-1-3-7-13)17-9-12-5-4-8-16-14(12)10-17/h1-8H,9-11H2. The van der Waals surface area contributed by atoms with Crippen LogP contribution >= 0.6 is 0 Å². The van der Waals surface area contributed by atoms with Gasteiger partial charge in [0.2, 0.25) is 0 Å². The highest BCUT2D eigenvalue weighted by Crippen LogP contribution is 2.20. The molecule has 1 amide bonds. The third-order valence-electron chi connectivity index (χ3n) is 3.14. The number of pyridine rings is 1. The lowest BCUT2D eigenvalue weighted by Crippen LogP contribution is -2.30. The summed E-state index contributed by atoms with van der Waals surface area (Å²) in [6, 6.07) is 13.3. The fourth-order valence-electron chi connectivity index (χ4n) is 2.13. The average Bonchev–Trinajstić information content (AvgIpc) is 2.90. The van der Waals surface area contributed by atoms with E-state index in [0.29, 0.717) is 18.8 Å². The van der Waals surface area contributed by atoms with Gasteiger partial charge in [0.25, 0.3) is 5.91 Å². The predicted molar refractivity (Wildman–Crippen MR) is 70.4 cm³/mol. The van der Waals surface area contributed by atoms with Crippen LogP contribution in [0.3, 0.4) is 0 Å². The highest BCUT2D eigenvalue weighted by molar-refractivity contribution is 5.78. The van der Waals surface area contributed by atoms with Crippen molar-refractivity contribution in [3.63, 3.8) is 0 Å². The highest BCUT2D eigenvalue weighted by Gasteiger charge is 2.23. The Kier molecular flexibility index (Phi) is 3.14. The molecule has 1 aliphatic rings. The summed E-state index contributed by atoms with van der Waals surface area (Å²) in [5, 5.41) is 0. The van der Waals surface area contributed by atoms with Gasteiger partial charge < -0.3 is 9.64 Å². The van der Waals surface area contributed by atoms with Gasteiger partial charge in [-0.1, -0.05) is 24.3 Å². The van der Waals surface area contributed by atoms with Crippen molar-refractivity contribution in [1.29, 1.82) is 0 Å². The summed E-state index contributed by atoms with van der Waals surface area (Å²) >= 11 is 0. The molecule has 3 rings (SSSR count). The second-order valence-corrected chi connectivity index (χ2v) is 4.46. The Bertz CT molecular complexity index is 559. The molecule has 2 heterocycles. The Morgan fingerprint density at radius 3 is 2.79 bits per heavy atom. The summed E-state index contributed by atoms with van der Waals surface area (Å²) in [5.41, 5.74) is 2.10. The minimum absolute atomic E-state index is 0.0122. The number of hydrogen-bond acceptors (Lipinski definition) is 3. The number of carbonyl (C=O) groups is 1. The number of ether oxygens (including phenoxy) is 1. The monoisotopic (exact) mass is 254 g/mol. The van der Waals surface area contributed by atoms with E-state index >= 15 is 0 Å². The second kappa shape index (κ2) is 5.10. The van der Waals surface area contributed by atoms with Crippen molar-refractivity contribution in [3.05, 3.63) is 59.9 Å². The maximum Gasteiger partial charge on any atom is 0.261 e. The molecule has 0 bridgehead atoms. The van der Waals surface area contributed by atoms with Crippen LogP contribution in [0.2, 0.25) is 0 Å². The van der Waals surface area contributed by atoms with Crippen molar-refractivity contribution in [2.75, 3.05) is 6.61 Å². The maximum absolute atomic E-state index is 12.1. The molecule has 96 valence electrons. The zero-order valence-corrected chi connectivity index (χ0v) is 10.5. The second-order valence-electron chi connectivity index (χ2n) is 4.46. The molecule has 1 aromatic carbocycles. The number of aromatic nitrogens is 1. The molecule has 0 aliphatic carbocycles. The molecule has 1 aliphatic heterocycles. The minimum atomic E-state index is -0.0122. The van der Waals surface area contributed by atoms with E-state index in [4.69, 9.17) is 4.74 Å². The molecule has 0 atom stereocenters. The first-order valence-corrected chi connectivity index (χ1v) is 6.21. The highest BCUT2D eigenvalue weighted by atomic mass is 16.5. The Balaban J connectivity index is 1.58. The lowest BCUT2D eigenvalue weighted by Gasteiger charge is -2.15. The van der Waals surface area contributed by atoms with Crippen LogP contribution in [0.15, 0.2) is 48.7 Å². The summed E-state index contributed by atoms with van der Waals surface area (Å²) in [6.07, 6.45) is 1.76. The van der Waals surface area contributed by atoms with E-state index in [-0.39, 0.29) is 12.5 Å². The van der Waals surface area contributed by atoms with Gasteiger partial charge >= 0.3 is 0 Å². The molecule has 4 nitrogen and oxygen atoms in total. The first-order valence-electron chi connectivity index (χ1n) is 6.21. The molecule has 0 N–H and O–H groups in total. The molecule has 0 saturated carbocycles. The summed E-state index contributed by atoms with van der Waals surface area (Å²) < 4.78 is 5.47. The number of nitrogens with zero attached hydrogens (tertiary/aromatic N) is 2. The van der Waals surface area contributed by atoms with Crippen LogP contribution in [0.25, 0.3) is 0 Å². The van der Waals surface area contributed by atoms with Gasteiger partial charge in [0, 0.05) is 12.7 Å². The third-order valence-corrected chi connectivity index (χ3v) is 3.14. The number of para-hydroxylation sites is 1. The van der Waals surface area contributed by atoms with Crippen LogP contribution in [0.4, 0.5) is 0 Å². The fraction of sp³-hybridized carbons (Fsp3) is 0.200. The Morgan fingerprint density at radius 1 is 1.16 bits per heavy atom. The number of carbonyl (C=O) groups excluding carboxylic acids is 1. The van der Waals surface area contributed by atoms with Gasteiger partial charge in [0.05, 0.1) is 12.2 Å². The van der Waals surface area contributed by atoms with Crippen molar-refractivity contribution in [2.24, 2.45) is 0 Å². The number of amides is 1. The average molecular weight is 254 g/mol. The van der Waals surface area contributed by atoms with Crippen LogP contribution in [0.1, 0.15) is 11.3 Å². The van der Waals surface area contributed by atoms with Crippen LogP contribution < -0.4 is 4.74 Å². The summed E-state index contributed by atoms with van der Waals surface area (Å²) in [6.45, 7) is 1.27. The maximum atomic E-state index is 12.1. The number of hydrogen-bond donors (Lipinski definition) is 0. The van der Waals surface area contributed by atoms with Crippen molar-refractivity contribution in [2.45, 2.75) is 13.1 Å². The topological polar surface area (TPSA) is 42.4 Å². The summed E-state index contributed by atoms with van der Waals surface area (Å²) in [4.78, 5) is 18.1. The zero-order valence-electron chi connectivity index (χ0n) is 10.5. The smallest absolute Gasteiger partial charge is 0.261 e. The predicted octanol–water partition coefficient (Wildman–Crippen LogP) is 2.00. The molecule has 0 radical (unpaired) electrons. The van der Waals surface area contributed by atoms with E-state index in [0.717, 1.165) is 11.3 Å². The van der Waals surface area contributed by atoms with E-state index < -0.39 is 0 Å². The van der Waals surface area contributed by atoms with Crippen molar-refractivity contribution in [1.82, 2.24) is 9.88 Å². The Labute approximate surface area is 111 Å². The van der Waals surface area contributed by atoms with Gasteiger partial charge in [-0.15, -0.1) is 0 Å². The van der Waals surface area contributed by atoms with Gasteiger partial charge in [0.15, 0.2) is 6.61 Å². The molecule has 0 saturated heterocycles. The Morgan fingerprint density at radius 2 is 2.00 bits per heavy atom.